The molecule has 1 fully saturated rings. The summed E-state index contributed by atoms with van der Waals surface area (Å²) >= 11 is 0. The van der Waals surface area contributed by atoms with Gasteiger partial charge in [-0.15, -0.1) is 0 Å². The summed E-state index contributed by atoms with van der Waals surface area (Å²) in [5, 5.41) is 3.02. The molecule has 0 unspecified atom stereocenters. The first-order chi connectivity index (χ1) is 10.8. The first kappa shape index (κ1) is 17.1. The van der Waals surface area contributed by atoms with Crippen LogP contribution in [-0.2, 0) is 4.74 Å². The number of carbonyl (C=O) groups excluding carboxylic acids is 1. The summed E-state index contributed by atoms with van der Waals surface area (Å²) < 4.78 is 5.45. The number of nitrogens with two attached hydrogens (primary N) is 1. The molecule has 3 N–H and O–H groups in total. The molecule has 6 nitrogen and oxygen atoms in total. The van der Waals surface area contributed by atoms with Gasteiger partial charge in [-0.2, -0.15) is 0 Å². The van der Waals surface area contributed by atoms with Crippen molar-refractivity contribution in [3.8, 4) is 0 Å². The summed E-state index contributed by atoms with van der Waals surface area (Å²) in [6.45, 7) is 6.57. The molecule has 0 radical (unpaired) electrons. The van der Waals surface area contributed by atoms with Crippen LogP contribution in [0.2, 0.25) is 0 Å². The topological polar surface area (TPSA) is 80.0 Å². The van der Waals surface area contributed by atoms with E-state index in [1.54, 1.807) is 4.90 Å². The zero-order chi connectivity index (χ0) is 16.9. The molecular weight excluding hydrogens is 292 g/mol. The molecular formula is C17H26N4O2. The molecule has 2 rings (SSSR count). The van der Waals surface area contributed by atoms with Crippen molar-refractivity contribution in [3.05, 3.63) is 30.3 Å². The van der Waals surface area contributed by atoms with E-state index in [4.69, 9.17) is 10.5 Å². The number of nitrogens with one attached hydrogen (secondary N) is 1. The van der Waals surface area contributed by atoms with Crippen LogP contribution < -0.4 is 11.1 Å². The van der Waals surface area contributed by atoms with Crippen molar-refractivity contribution in [1.29, 1.82) is 0 Å². The van der Waals surface area contributed by atoms with E-state index in [0.717, 1.165) is 18.5 Å². The number of anilines is 1. The lowest BCUT2D eigenvalue weighted by atomic mass is 10.2. The van der Waals surface area contributed by atoms with Crippen LogP contribution in [0.3, 0.4) is 0 Å². The first-order valence-electron chi connectivity index (χ1n) is 7.97. The smallest absolute Gasteiger partial charge is 0.410 e. The molecule has 1 aliphatic carbocycles. The fraction of sp³-hybridized carbons (Fsp3) is 0.529. The number of carbonyl (C=O) groups is 1. The molecule has 6 heteroatoms. The summed E-state index contributed by atoms with van der Waals surface area (Å²) in [5.41, 5.74) is 6.27. The van der Waals surface area contributed by atoms with Crippen LogP contribution in [0, 0.1) is 0 Å². The zero-order valence-electron chi connectivity index (χ0n) is 14.1. The van der Waals surface area contributed by atoms with Gasteiger partial charge in [-0.25, -0.2) is 4.79 Å². The van der Waals surface area contributed by atoms with Crippen molar-refractivity contribution in [2.75, 3.05) is 18.4 Å². The summed E-state index contributed by atoms with van der Waals surface area (Å²) in [6, 6.07) is 9.90. The standard InChI is InChI=1S/C17H26N4O2/c1-17(2,3)23-16(22)21(14-9-10-14)12-11-19-15(18)20-13-7-5-4-6-8-13/h4-8,14H,9-12H2,1-3H3,(H3,18,19,20). The quantitative estimate of drug-likeness (QED) is 0.646. The monoisotopic (exact) mass is 318 g/mol. The van der Waals surface area contributed by atoms with Gasteiger partial charge in [0.1, 0.15) is 5.60 Å². The summed E-state index contributed by atoms with van der Waals surface area (Å²) in [6.07, 6.45) is 1.78. The Morgan fingerprint density at radius 2 is 2.00 bits per heavy atom. The van der Waals surface area contributed by atoms with Crippen LogP contribution in [0.4, 0.5) is 10.5 Å². The van der Waals surface area contributed by atoms with Crippen molar-refractivity contribution >= 4 is 17.7 Å². The lowest BCUT2D eigenvalue weighted by Gasteiger charge is -2.27. The van der Waals surface area contributed by atoms with Crippen molar-refractivity contribution in [3.63, 3.8) is 0 Å². The highest BCUT2D eigenvalue weighted by Crippen LogP contribution is 2.28. The predicted octanol–water partition coefficient (Wildman–Crippen LogP) is 2.81. The second kappa shape index (κ2) is 7.35. The van der Waals surface area contributed by atoms with Crippen LogP contribution in [0.5, 0.6) is 0 Å². The van der Waals surface area contributed by atoms with E-state index >= 15 is 0 Å². The van der Waals surface area contributed by atoms with Crippen LogP contribution in [0.15, 0.2) is 35.3 Å². The van der Waals surface area contributed by atoms with Gasteiger partial charge in [0.05, 0.1) is 6.54 Å². The molecule has 0 aromatic heterocycles. The zero-order valence-corrected chi connectivity index (χ0v) is 14.1. The number of amides is 1. The number of hydrogen-bond acceptors (Lipinski definition) is 3. The van der Waals surface area contributed by atoms with Gasteiger partial charge in [-0.3, -0.25) is 4.99 Å². The molecule has 0 aliphatic heterocycles. The van der Waals surface area contributed by atoms with Crippen LogP contribution in [0.25, 0.3) is 0 Å². The minimum absolute atomic E-state index is 0.273. The van der Waals surface area contributed by atoms with Crippen molar-refractivity contribution < 1.29 is 9.53 Å². The molecule has 1 aliphatic rings. The SMILES string of the molecule is CC(C)(C)OC(=O)N(CCN=C(N)Nc1ccccc1)C1CC1. The van der Waals surface area contributed by atoms with Gasteiger partial charge < -0.3 is 20.7 Å². The lowest BCUT2D eigenvalue weighted by molar-refractivity contribution is 0.0240. The van der Waals surface area contributed by atoms with E-state index in [1.165, 1.54) is 0 Å². The van der Waals surface area contributed by atoms with E-state index in [9.17, 15) is 4.79 Å². The van der Waals surface area contributed by atoms with E-state index in [-0.39, 0.29) is 12.1 Å². The van der Waals surface area contributed by atoms with Crippen LogP contribution in [-0.4, -0.2) is 41.7 Å². The number of benzene rings is 1. The molecule has 1 aromatic carbocycles. The fourth-order valence-corrected chi connectivity index (χ4v) is 2.12. The van der Waals surface area contributed by atoms with Gasteiger partial charge >= 0.3 is 6.09 Å². The van der Waals surface area contributed by atoms with Gasteiger partial charge in [0, 0.05) is 18.3 Å². The van der Waals surface area contributed by atoms with Gasteiger partial charge in [-0.1, -0.05) is 18.2 Å². The van der Waals surface area contributed by atoms with Crippen LogP contribution in [0.1, 0.15) is 33.6 Å². The number of guanidine groups is 1. The highest BCUT2D eigenvalue weighted by molar-refractivity contribution is 5.92. The van der Waals surface area contributed by atoms with Gasteiger partial charge in [0.25, 0.3) is 0 Å². The van der Waals surface area contributed by atoms with E-state index in [0.29, 0.717) is 19.0 Å². The maximum absolute atomic E-state index is 12.2. The number of nitrogens with zero attached hydrogens (tertiary/aromatic N) is 2. The Hall–Kier alpha value is -2.24. The van der Waals surface area contributed by atoms with E-state index in [2.05, 4.69) is 10.3 Å². The number of ether oxygens (including phenoxy) is 1. The third kappa shape index (κ3) is 6.18. The van der Waals surface area contributed by atoms with E-state index < -0.39 is 5.60 Å². The number of rotatable bonds is 5. The van der Waals surface area contributed by atoms with Crippen molar-refractivity contribution in [2.45, 2.75) is 45.3 Å². The normalized spacial score (nSPS) is 15.2. The molecule has 126 valence electrons. The average Bonchev–Trinajstić information content (AvgIpc) is 3.27. The Morgan fingerprint density at radius 1 is 1.35 bits per heavy atom. The number of hydrogen-bond donors (Lipinski definition) is 2. The lowest BCUT2D eigenvalue weighted by Crippen LogP contribution is -2.40. The molecule has 0 heterocycles. The van der Waals surface area contributed by atoms with E-state index in [1.807, 2.05) is 51.1 Å². The Morgan fingerprint density at radius 3 is 2.57 bits per heavy atom. The van der Waals surface area contributed by atoms with Crippen LogP contribution >= 0.6 is 0 Å². The Kier molecular flexibility index (Phi) is 5.47. The first-order valence-corrected chi connectivity index (χ1v) is 7.97. The highest BCUT2D eigenvalue weighted by Gasteiger charge is 2.34. The summed E-state index contributed by atoms with van der Waals surface area (Å²) in [4.78, 5) is 18.3. The van der Waals surface area contributed by atoms with Gasteiger partial charge in [0.15, 0.2) is 5.96 Å². The molecule has 23 heavy (non-hydrogen) atoms. The molecule has 0 bridgehead atoms. The molecule has 1 amide bonds. The second-order valence-corrected chi connectivity index (χ2v) is 6.66. The number of para-hydroxylation sites is 1. The second-order valence-electron chi connectivity index (χ2n) is 6.66. The Labute approximate surface area is 137 Å². The third-order valence-corrected chi connectivity index (χ3v) is 3.28. The van der Waals surface area contributed by atoms with Crippen molar-refractivity contribution in [1.82, 2.24) is 4.90 Å². The average molecular weight is 318 g/mol. The highest BCUT2D eigenvalue weighted by atomic mass is 16.6. The minimum atomic E-state index is -0.485. The third-order valence-electron chi connectivity index (χ3n) is 3.28. The molecule has 0 saturated heterocycles. The minimum Gasteiger partial charge on any atom is -0.444 e. The Balaban J connectivity index is 1.84. The Bertz CT molecular complexity index is 547. The van der Waals surface area contributed by atoms with Gasteiger partial charge in [0.2, 0.25) is 0 Å². The molecule has 1 saturated carbocycles. The van der Waals surface area contributed by atoms with Gasteiger partial charge in [-0.05, 0) is 45.7 Å². The maximum Gasteiger partial charge on any atom is 0.410 e. The summed E-state index contributed by atoms with van der Waals surface area (Å²) in [7, 11) is 0. The fourth-order valence-electron chi connectivity index (χ4n) is 2.12. The molecule has 0 atom stereocenters. The summed E-state index contributed by atoms with van der Waals surface area (Å²) in [5.74, 6) is 0.344. The molecule has 0 spiro atoms. The maximum atomic E-state index is 12.2. The number of aliphatic imine (C=N–C) groups is 1. The largest absolute Gasteiger partial charge is 0.444 e. The van der Waals surface area contributed by atoms with Crippen molar-refractivity contribution in [2.24, 2.45) is 10.7 Å². The predicted molar refractivity (Wildman–Crippen MR) is 92.5 cm³/mol. The molecule has 1 aromatic rings.